The van der Waals surface area contributed by atoms with Gasteiger partial charge in [-0.3, -0.25) is 4.79 Å². The maximum Gasteiger partial charge on any atom is 0.339 e. The summed E-state index contributed by atoms with van der Waals surface area (Å²) >= 11 is 0. The molecule has 0 aliphatic carbocycles. The van der Waals surface area contributed by atoms with Crippen LogP contribution in [0.25, 0.3) is 6.08 Å². The number of hydrogen-bond donors (Lipinski definition) is 4. The molecule has 0 unspecified atom stereocenters. The number of amides is 1. The van der Waals surface area contributed by atoms with Crippen LogP contribution in [0.3, 0.4) is 0 Å². The molecule has 1 heterocycles. The van der Waals surface area contributed by atoms with Crippen molar-refractivity contribution in [2.24, 2.45) is 0 Å². The van der Waals surface area contributed by atoms with Gasteiger partial charge in [0.15, 0.2) is 23.0 Å². The molecule has 1 aliphatic heterocycles. The summed E-state index contributed by atoms with van der Waals surface area (Å²) in [6.07, 6.45) is 3.34. The van der Waals surface area contributed by atoms with Crippen LogP contribution >= 0.6 is 0 Å². The average molecular weight is 503 g/mol. The second-order valence-corrected chi connectivity index (χ2v) is 8.69. The second kappa shape index (κ2) is 10.7. The molecule has 0 aromatic heterocycles. The maximum atomic E-state index is 12.8. The van der Waals surface area contributed by atoms with Gasteiger partial charge in [0.2, 0.25) is 0 Å². The van der Waals surface area contributed by atoms with Crippen LogP contribution in [0.15, 0.2) is 76.8 Å². The van der Waals surface area contributed by atoms with E-state index in [4.69, 9.17) is 14.2 Å². The van der Waals surface area contributed by atoms with Gasteiger partial charge in [0.05, 0.1) is 12.7 Å². The van der Waals surface area contributed by atoms with E-state index in [1.54, 1.807) is 0 Å². The number of aromatic hydroxyl groups is 1. The van der Waals surface area contributed by atoms with E-state index in [0.29, 0.717) is 5.56 Å². The smallest absolute Gasteiger partial charge is 0.339 e. The number of nitrogens with one attached hydrogen (secondary N) is 1. The van der Waals surface area contributed by atoms with Gasteiger partial charge in [-0.25, -0.2) is 17.9 Å². The van der Waals surface area contributed by atoms with Gasteiger partial charge >= 0.3 is 5.97 Å². The lowest BCUT2D eigenvalue weighted by Gasteiger charge is -2.16. The first kappa shape index (κ1) is 25.2. The van der Waals surface area contributed by atoms with Crippen LogP contribution < -0.4 is 9.46 Å². The van der Waals surface area contributed by atoms with Crippen LogP contribution in [0.2, 0.25) is 0 Å². The van der Waals surface area contributed by atoms with E-state index in [0.717, 1.165) is 18.2 Å². The Morgan fingerprint density at radius 3 is 2.60 bits per heavy atom. The lowest BCUT2D eigenvalue weighted by molar-refractivity contribution is -0.114. The number of carbonyl (C=O) groups is 2. The van der Waals surface area contributed by atoms with E-state index < -0.39 is 39.2 Å². The van der Waals surface area contributed by atoms with Crippen LogP contribution in [-0.4, -0.2) is 55.9 Å². The number of benzene rings is 2. The summed E-state index contributed by atoms with van der Waals surface area (Å²) in [5, 5.41) is 28.4. The summed E-state index contributed by atoms with van der Waals surface area (Å²) in [5.41, 5.74) is 0.128. The minimum atomic E-state index is -4.46. The number of allylic oxidation sites excluding steroid dienone is 1. The van der Waals surface area contributed by atoms with Gasteiger partial charge in [-0.15, -0.1) is 0 Å². The molecule has 1 aliphatic rings. The van der Waals surface area contributed by atoms with Crippen molar-refractivity contribution in [1.29, 1.82) is 0 Å². The molecule has 35 heavy (non-hydrogen) atoms. The molecule has 4 N–H and O–H groups in total. The zero-order valence-corrected chi connectivity index (χ0v) is 19.1. The molecule has 12 heteroatoms. The van der Waals surface area contributed by atoms with Gasteiger partial charge < -0.3 is 29.5 Å². The van der Waals surface area contributed by atoms with E-state index in [1.165, 1.54) is 49.6 Å². The minimum Gasteiger partial charge on any atom is -0.506 e. The summed E-state index contributed by atoms with van der Waals surface area (Å²) in [6.45, 7) is -0.744. The Balaban J connectivity index is 1.72. The van der Waals surface area contributed by atoms with Crippen LogP contribution in [0.1, 0.15) is 15.9 Å². The molecule has 0 bridgehead atoms. The summed E-state index contributed by atoms with van der Waals surface area (Å²) < 4.78 is 42.5. The van der Waals surface area contributed by atoms with Gasteiger partial charge in [-0.1, -0.05) is 18.2 Å². The molecule has 184 valence electrons. The SMILES string of the molecule is COc1cc(/C=C/C(=O)NS(=O)(=O)c2ccccc2C(=O)OCC2=CC(O)=C(O)CO2)ccc1O. The third-order valence-electron chi connectivity index (χ3n) is 4.60. The van der Waals surface area contributed by atoms with Gasteiger partial charge in [0.1, 0.15) is 23.9 Å². The number of carbonyl (C=O) groups excluding carboxylic acids is 2. The van der Waals surface area contributed by atoms with Crippen molar-refractivity contribution < 1.29 is 47.5 Å². The van der Waals surface area contributed by atoms with Crippen molar-refractivity contribution in [2.45, 2.75) is 4.90 Å². The predicted octanol–water partition coefficient (Wildman–Crippen LogP) is 2.32. The quantitative estimate of drug-likeness (QED) is 0.310. The van der Waals surface area contributed by atoms with Crippen LogP contribution in [0, 0.1) is 0 Å². The summed E-state index contributed by atoms with van der Waals surface area (Å²) in [4.78, 5) is 24.3. The Morgan fingerprint density at radius 1 is 1.14 bits per heavy atom. The first-order valence-electron chi connectivity index (χ1n) is 9.93. The molecule has 0 radical (unpaired) electrons. The van der Waals surface area contributed by atoms with Crippen molar-refractivity contribution in [2.75, 3.05) is 20.3 Å². The highest BCUT2D eigenvalue weighted by molar-refractivity contribution is 7.90. The van der Waals surface area contributed by atoms with Gasteiger partial charge in [0, 0.05) is 12.2 Å². The fraction of sp³-hybridized carbons (Fsp3) is 0.130. The number of phenolic OH excluding ortho intramolecular Hbond substituents is 1. The fourth-order valence-electron chi connectivity index (χ4n) is 2.87. The molecule has 11 nitrogen and oxygen atoms in total. The summed E-state index contributed by atoms with van der Waals surface area (Å²) in [6, 6.07) is 9.41. The molecule has 0 saturated carbocycles. The summed E-state index contributed by atoms with van der Waals surface area (Å²) in [5.74, 6) is -2.71. The molecule has 0 saturated heterocycles. The molecular formula is C23H21NO10S. The Labute approximate surface area is 200 Å². The first-order chi connectivity index (χ1) is 16.6. The van der Waals surface area contributed by atoms with Crippen molar-refractivity contribution >= 4 is 28.0 Å². The topological polar surface area (TPSA) is 169 Å². The third-order valence-corrected chi connectivity index (χ3v) is 6.00. The molecule has 3 rings (SSSR count). The highest BCUT2D eigenvalue weighted by Crippen LogP contribution is 2.26. The molecule has 0 atom stereocenters. The standard InChI is InChI=1S/C23H21NO10S/c1-32-20-10-14(6-8-17(20)25)7-9-22(28)24-35(30,31)21-5-3-2-4-16(21)23(29)34-12-15-11-18(26)19(27)13-33-15/h2-11,25-27H,12-13H2,1H3,(H,24,28)/b9-7+. The maximum absolute atomic E-state index is 12.8. The second-order valence-electron chi connectivity index (χ2n) is 7.04. The van der Waals surface area contributed by atoms with Gasteiger partial charge in [0.25, 0.3) is 15.9 Å². The van der Waals surface area contributed by atoms with Crippen LogP contribution in [0.5, 0.6) is 11.5 Å². The fourth-order valence-corrected chi connectivity index (χ4v) is 4.01. The van der Waals surface area contributed by atoms with E-state index in [-0.39, 0.29) is 35.2 Å². The van der Waals surface area contributed by atoms with Crippen molar-refractivity contribution in [1.82, 2.24) is 4.72 Å². The van der Waals surface area contributed by atoms with E-state index in [1.807, 2.05) is 4.72 Å². The number of rotatable bonds is 8. The number of aliphatic hydroxyl groups is 2. The number of phenols is 1. The largest absolute Gasteiger partial charge is 0.506 e. The number of esters is 1. The van der Waals surface area contributed by atoms with Gasteiger partial charge in [-0.2, -0.15) is 0 Å². The molecule has 1 amide bonds. The monoisotopic (exact) mass is 503 g/mol. The molecule has 0 fully saturated rings. The van der Waals surface area contributed by atoms with Crippen LogP contribution in [-0.2, 0) is 24.3 Å². The molecule has 2 aromatic rings. The van der Waals surface area contributed by atoms with Crippen molar-refractivity contribution in [3.8, 4) is 11.5 Å². The number of sulfonamides is 1. The molecular weight excluding hydrogens is 482 g/mol. The average Bonchev–Trinajstić information content (AvgIpc) is 2.83. The molecule has 2 aromatic carbocycles. The normalized spacial score (nSPS) is 13.7. The first-order valence-corrected chi connectivity index (χ1v) is 11.4. The number of hydrogen-bond acceptors (Lipinski definition) is 10. The third kappa shape index (κ3) is 6.32. The number of ether oxygens (including phenoxy) is 3. The lowest BCUT2D eigenvalue weighted by Crippen LogP contribution is -2.30. The highest BCUT2D eigenvalue weighted by atomic mass is 32.2. The Morgan fingerprint density at radius 2 is 1.89 bits per heavy atom. The Hall–Kier alpha value is -4.45. The Kier molecular flexibility index (Phi) is 7.66. The van der Waals surface area contributed by atoms with Crippen LogP contribution in [0.4, 0.5) is 0 Å². The zero-order valence-electron chi connectivity index (χ0n) is 18.3. The number of methoxy groups -OCH3 is 1. The predicted molar refractivity (Wildman–Crippen MR) is 122 cm³/mol. The Bertz CT molecular complexity index is 1340. The summed E-state index contributed by atoms with van der Waals surface area (Å²) in [7, 11) is -3.10. The molecule has 0 spiro atoms. The van der Waals surface area contributed by atoms with Gasteiger partial charge in [-0.05, 0) is 35.9 Å². The lowest BCUT2D eigenvalue weighted by atomic mass is 10.2. The van der Waals surface area contributed by atoms with E-state index in [9.17, 15) is 33.3 Å². The van der Waals surface area contributed by atoms with Crippen molar-refractivity contribution in [3.63, 3.8) is 0 Å². The van der Waals surface area contributed by atoms with E-state index >= 15 is 0 Å². The highest BCUT2D eigenvalue weighted by Gasteiger charge is 2.25. The van der Waals surface area contributed by atoms with E-state index in [2.05, 4.69) is 0 Å². The number of aliphatic hydroxyl groups excluding tert-OH is 2. The zero-order chi connectivity index (χ0) is 25.6. The van der Waals surface area contributed by atoms with Crippen molar-refractivity contribution in [3.05, 3.63) is 83.0 Å². The minimum absolute atomic E-state index is 0.0401.